The maximum atomic E-state index is 4.93. The van der Waals surface area contributed by atoms with Crippen LogP contribution < -0.4 is 5.32 Å². The third kappa shape index (κ3) is 4.61. The van der Waals surface area contributed by atoms with Crippen LogP contribution in [-0.2, 0) is 0 Å². The Bertz CT molecular complexity index is 396. The topological polar surface area (TPSA) is 30.9 Å². The summed E-state index contributed by atoms with van der Waals surface area (Å²) in [4.78, 5) is 10.1. The molecule has 3 aliphatic rings. The van der Waals surface area contributed by atoms with Gasteiger partial charge in [-0.05, 0) is 50.4 Å². The quantitative estimate of drug-likeness (QED) is 0.579. The molecule has 0 radical (unpaired) electrons. The van der Waals surface area contributed by atoms with Gasteiger partial charge in [-0.15, -0.1) is 0 Å². The van der Waals surface area contributed by atoms with Crippen molar-refractivity contribution in [2.75, 3.05) is 39.3 Å². The number of nitrogens with one attached hydrogen (secondary N) is 1. The maximum Gasteiger partial charge on any atom is 0.193 e. The van der Waals surface area contributed by atoms with Crippen molar-refractivity contribution in [1.82, 2.24) is 15.1 Å². The van der Waals surface area contributed by atoms with Crippen LogP contribution in [0, 0.1) is 11.3 Å². The van der Waals surface area contributed by atoms with Crippen LogP contribution in [0.4, 0.5) is 0 Å². The number of guanidine groups is 1. The summed E-state index contributed by atoms with van der Waals surface area (Å²) in [6, 6.07) is 0.879. The first-order valence-electron chi connectivity index (χ1n) is 9.35. The Morgan fingerprint density at radius 3 is 2.59 bits per heavy atom. The summed E-state index contributed by atoms with van der Waals surface area (Å²) in [6.07, 6.45) is 7.01. The highest BCUT2D eigenvalue weighted by Crippen LogP contribution is 2.34. The largest absolute Gasteiger partial charge is 0.357 e. The van der Waals surface area contributed by atoms with Gasteiger partial charge in [-0.3, -0.25) is 9.89 Å². The number of aliphatic imine (C=N–C) groups is 1. The molecule has 0 aromatic rings. The summed E-state index contributed by atoms with van der Waals surface area (Å²) in [6.45, 7) is 13.6. The number of likely N-dealkylation sites (tertiary alicyclic amines) is 1. The zero-order valence-electron chi connectivity index (χ0n) is 14.8. The highest BCUT2D eigenvalue weighted by atomic mass is 15.3. The van der Waals surface area contributed by atoms with Crippen molar-refractivity contribution in [3.05, 3.63) is 0 Å². The van der Waals surface area contributed by atoms with Crippen LogP contribution in [0.5, 0.6) is 0 Å². The van der Waals surface area contributed by atoms with E-state index in [1.54, 1.807) is 0 Å². The smallest absolute Gasteiger partial charge is 0.193 e. The van der Waals surface area contributed by atoms with Gasteiger partial charge in [-0.25, -0.2) is 0 Å². The molecule has 0 unspecified atom stereocenters. The summed E-state index contributed by atoms with van der Waals surface area (Å²) < 4.78 is 0. The predicted octanol–water partition coefficient (Wildman–Crippen LogP) is 2.56. The third-order valence-electron chi connectivity index (χ3n) is 5.21. The second kappa shape index (κ2) is 6.77. The molecule has 3 rings (SSSR count). The summed E-state index contributed by atoms with van der Waals surface area (Å²) in [5, 5.41) is 3.49. The number of hydrogen-bond donors (Lipinski definition) is 1. The van der Waals surface area contributed by atoms with E-state index in [0.29, 0.717) is 5.41 Å². The molecule has 4 nitrogen and oxygen atoms in total. The molecule has 1 aliphatic heterocycles. The number of nitrogens with zero attached hydrogens (tertiary/aromatic N) is 3. The first kappa shape index (κ1) is 16.1. The molecule has 1 N–H and O–H groups in total. The lowest BCUT2D eigenvalue weighted by molar-refractivity contribution is 0.259. The Balaban J connectivity index is 1.50. The molecule has 0 spiro atoms. The van der Waals surface area contributed by atoms with Gasteiger partial charge in [0.05, 0.1) is 6.54 Å². The van der Waals surface area contributed by atoms with Crippen LogP contribution in [0.2, 0.25) is 0 Å². The number of rotatable bonds is 7. The van der Waals surface area contributed by atoms with Gasteiger partial charge in [0.1, 0.15) is 0 Å². The van der Waals surface area contributed by atoms with Crippen LogP contribution >= 0.6 is 0 Å². The molecule has 2 saturated carbocycles. The standard InChI is InChI=1S/C18H34N4/c1-4-19-17(22-11-9-18(2,3)14-22)20-10-12-21(16-7-8-16)13-15-5-6-15/h15-16H,4-14H2,1-3H3,(H,19,20). The maximum absolute atomic E-state index is 4.93. The molecular weight excluding hydrogens is 272 g/mol. The Kier molecular flexibility index (Phi) is 4.96. The lowest BCUT2D eigenvalue weighted by Crippen LogP contribution is -2.41. The Labute approximate surface area is 136 Å². The highest BCUT2D eigenvalue weighted by Gasteiger charge is 2.33. The van der Waals surface area contributed by atoms with Crippen LogP contribution in [0.3, 0.4) is 0 Å². The fourth-order valence-electron chi connectivity index (χ4n) is 3.50. The monoisotopic (exact) mass is 306 g/mol. The van der Waals surface area contributed by atoms with E-state index in [1.165, 1.54) is 38.6 Å². The van der Waals surface area contributed by atoms with E-state index in [-0.39, 0.29) is 0 Å². The molecule has 126 valence electrons. The fourth-order valence-corrected chi connectivity index (χ4v) is 3.50. The second-order valence-corrected chi connectivity index (χ2v) is 8.24. The van der Waals surface area contributed by atoms with Gasteiger partial charge in [0.15, 0.2) is 5.96 Å². The molecule has 2 aliphatic carbocycles. The Morgan fingerprint density at radius 2 is 2.05 bits per heavy atom. The molecule has 3 fully saturated rings. The van der Waals surface area contributed by atoms with Gasteiger partial charge in [0, 0.05) is 38.8 Å². The number of hydrogen-bond acceptors (Lipinski definition) is 2. The van der Waals surface area contributed by atoms with E-state index >= 15 is 0 Å². The minimum atomic E-state index is 0.433. The van der Waals surface area contributed by atoms with Crippen LogP contribution in [-0.4, -0.2) is 61.1 Å². The van der Waals surface area contributed by atoms with E-state index < -0.39 is 0 Å². The van der Waals surface area contributed by atoms with Crippen molar-refractivity contribution in [3.8, 4) is 0 Å². The van der Waals surface area contributed by atoms with E-state index in [1.807, 2.05) is 0 Å². The molecule has 1 heterocycles. The molecule has 0 aromatic heterocycles. The lowest BCUT2D eigenvalue weighted by Gasteiger charge is -2.25. The molecule has 0 amide bonds. The minimum Gasteiger partial charge on any atom is -0.357 e. The molecule has 0 aromatic carbocycles. The highest BCUT2D eigenvalue weighted by molar-refractivity contribution is 5.80. The van der Waals surface area contributed by atoms with Gasteiger partial charge < -0.3 is 10.2 Å². The fraction of sp³-hybridized carbons (Fsp3) is 0.944. The minimum absolute atomic E-state index is 0.433. The Morgan fingerprint density at radius 1 is 1.27 bits per heavy atom. The van der Waals surface area contributed by atoms with E-state index in [9.17, 15) is 0 Å². The molecular formula is C18H34N4. The normalized spacial score (nSPS) is 25.1. The predicted molar refractivity (Wildman–Crippen MR) is 93.3 cm³/mol. The molecule has 1 saturated heterocycles. The Hall–Kier alpha value is -0.770. The van der Waals surface area contributed by atoms with Crippen LogP contribution in [0.1, 0.15) is 52.9 Å². The SMILES string of the molecule is CCNC(=NCCN(CC1CC1)C1CC1)N1CCC(C)(C)C1. The van der Waals surface area contributed by atoms with Gasteiger partial charge in [-0.2, -0.15) is 0 Å². The lowest BCUT2D eigenvalue weighted by atomic mass is 9.93. The van der Waals surface area contributed by atoms with Crippen molar-refractivity contribution >= 4 is 5.96 Å². The van der Waals surface area contributed by atoms with E-state index in [2.05, 4.69) is 35.9 Å². The van der Waals surface area contributed by atoms with Crippen molar-refractivity contribution in [3.63, 3.8) is 0 Å². The summed E-state index contributed by atoms with van der Waals surface area (Å²) >= 11 is 0. The first-order valence-corrected chi connectivity index (χ1v) is 9.35. The van der Waals surface area contributed by atoms with Gasteiger partial charge in [-0.1, -0.05) is 13.8 Å². The molecule has 22 heavy (non-hydrogen) atoms. The molecule has 0 atom stereocenters. The summed E-state index contributed by atoms with van der Waals surface area (Å²) in [7, 11) is 0. The average Bonchev–Trinajstić information content (AvgIpc) is 3.35. The first-order chi connectivity index (χ1) is 10.6. The zero-order chi connectivity index (χ0) is 15.6. The summed E-state index contributed by atoms with van der Waals surface area (Å²) in [5.74, 6) is 2.13. The van der Waals surface area contributed by atoms with Crippen molar-refractivity contribution < 1.29 is 0 Å². The molecule has 0 bridgehead atoms. The second-order valence-electron chi connectivity index (χ2n) is 8.24. The van der Waals surface area contributed by atoms with Crippen molar-refractivity contribution in [1.29, 1.82) is 0 Å². The average molecular weight is 306 g/mol. The van der Waals surface area contributed by atoms with Crippen LogP contribution in [0.25, 0.3) is 0 Å². The van der Waals surface area contributed by atoms with E-state index in [0.717, 1.165) is 50.6 Å². The van der Waals surface area contributed by atoms with Crippen molar-refractivity contribution in [2.24, 2.45) is 16.3 Å². The zero-order valence-corrected chi connectivity index (χ0v) is 14.8. The van der Waals surface area contributed by atoms with Gasteiger partial charge >= 0.3 is 0 Å². The summed E-state index contributed by atoms with van der Waals surface area (Å²) in [5.41, 5.74) is 0.433. The van der Waals surface area contributed by atoms with Gasteiger partial charge in [0.25, 0.3) is 0 Å². The third-order valence-corrected chi connectivity index (χ3v) is 5.21. The van der Waals surface area contributed by atoms with E-state index in [4.69, 9.17) is 4.99 Å². The van der Waals surface area contributed by atoms with Crippen molar-refractivity contribution in [2.45, 2.75) is 58.9 Å². The molecule has 4 heteroatoms. The van der Waals surface area contributed by atoms with Crippen LogP contribution in [0.15, 0.2) is 4.99 Å². The van der Waals surface area contributed by atoms with Gasteiger partial charge in [0.2, 0.25) is 0 Å².